The van der Waals surface area contributed by atoms with E-state index in [0.717, 1.165) is 16.7 Å². The maximum absolute atomic E-state index is 14.8. The number of esters is 2. The predicted molar refractivity (Wildman–Crippen MR) is 286 cm³/mol. The fourth-order valence-electron chi connectivity index (χ4n) is 7.97. The van der Waals surface area contributed by atoms with Crippen molar-refractivity contribution in [1.82, 2.24) is 47.5 Å². The average Bonchev–Trinajstić information content (AvgIpc) is 3.95. The third-order valence-corrected chi connectivity index (χ3v) is 13.1. The molecule has 3 aromatic carbocycles. The fourth-order valence-corrected chi connectivity index (χ4v) is 8.63. The van der Waals surface area contributed by atoms with E-state index in [9.17, 15) is 61.2 Å². The number of nitrogens with zero attached hydrogens (tertiary/aromatic N) is 1. The summed E-state index contributed by atoms with van der Waals surface area (Å²) in [6, 6.07) is 16.9. The quantitative estimate of drug-likeness (QED) is 0.00965. The van der Waals surface area contributed by atoms with Crippen LogP contribution < -0.4 is 48.5 Å². The Morgan fingerprint density at radius 3 is 1.62 bits per heavy atom. The second kappa shape index (κ2) is 33.1. The van der Waals surface area contributed by atoms with Gasteiger partial charge in [-0.3, -0.25) is 53.4 Å². The number of alkyl carbamates (subject to hydrolysis) is 1. The van der Waals surface area contributed by atoms with Gasteiger partial charge in [-0.15, -0.1) is 0 Å². The number of nitrogens with one attached hydrogen (secondary N) is 8. The van der Waals surface area contributed by atoms with Gasteiger partial charge >= 0.3 is 18.0 Å². The minimum atomic E-state index is -3.73. The molecule has 0 aromatic heterocycles. The van der Waals surface area contributed by atoms with Gasteiger partial charge in [0.25, 0.3) is 5.91 Å². The maximum Gasteiger partial charge on any atom is 0.407 e. The minimum absolute atomic E-state index is 0.00463. The molecule has 80 heavy (non-hydrogen) atoms. The van der Waals surface area contributed by atoms with Crippen molar-refractivity contribution in [1.29, 1.82) is 0 Å². The summed E-state index contributed by atoms with van der Waals surface area (Å²) in [5.74, 6) is -4.57. The van der Waals surface area contributed by atoms with E-state index in [1.165, 1.54) is 13.8 Å². The summed E-state index contributed by atoms with van der Waals surface area (Å²) >= 11 is 0. The molecule has 434 valence electrons. The Morgan fingerprint density at radius 1 is 0.613 bits per heavy atom. The number of hydrazine groups is 1. The molecular formula is C53H70N10O16S. The highest BCUT2D eigenvalue weighted by Gasteiger charge is 2.41. The molecule has 1 heterocycles. The molecule has 27 heteroatoms. The molecule has 10 N–H and O–H groups in total. The summed E-state index contributed by atoms with van der Waals surface area (Å²) in [7, 11) is -3.73. The lowest BCUT2D eigenvalue weighted by molar-refractivity contribution is -0.149. The van der Waals surface area contributed by atoms with Crippen molar-refractivity contribution in [2.45, 2.75) is 121 Å². The Balaban J connectivity index is 1.60. The van der Waals surface area contributed by atoms with Gasteiger partial charge in [0.1, 0.15) is 65.9 Å². The van der Waals surface area contributed by atoms with Crippen LogP contribution in [0.2, 0.25) is 0 Å². The molecular weight excluding hydrogens is 1060 g/mol. The Labute approximate surface area is 463 Å². The number of amides is 9. The molecule has 26 nitrogen and oxygen atoms in total. The van der Waals surface area contributed by atoms with E-state index in [4.69, 9.17) is 20.1 Å². The molecule has 0 bridgehead atoms. The number of sulfone groups is 1. The summed E-state index contributed by atoms with van der Waals surface area (Å²) < 4.78 is 40.4. The molecule has 1 saturated heterocycles. The number of ether oxygens (including phenoxy) is 3. The highest BCUT2D eigenvalue weighted by molar-refractivity contribution is 7.90. The van der Waals surface area contributed by atoms with E-state index in [2.05, 4.69) is 37.2 Å². The van der Waals surface area contributed by atoms with E-state index in [1.807, 2.05) is 11.5 Å². The number of carbonyl (C=O) groups is 11. The van der Waals surface area contributed by atoms with Crippen LogP contribution in [-0.2, 0) is 91.8 Å². The number of unbranched alkanes of at least 4 members (excludes halogenated alkanes) is 1. The van der Waals surface area contributed by atoms with Gasteiger partial charge in [-0.2, -0.15) is 0 Å². The zero-order valence-electron chi connectivity index (χ0n) is 44.7. The van der Waals surface area contributed by atoms with Crippen LogP contribution in [0.4, 0.5) is 4.79 Å². The highest BCUT2D eigenvalue weighted by atomic mass is 32.2. The van der Waals surface area contributed by atoms with Crippen LogP contribution in [0, 0.1) is 0 Å². The van der Waals surface area contributed by atoms with E-state index in [1.54, 1.807) is 84.9 Å². The van der Waals surface area contributed by atoms with Crippen molar-refractivity contribution < 1.29 is 75.4 Å². The molecule has 0 saturated carbocycles. The number of rotatable bonds is 31. The van der Waals surface area contributed by atoms with Crippen molar-refractivity contribution in [3.8, 4) is 0 Å². The van der Waals surface area contributed by atoms with Gasteiger partial charge in [0, 0.05) is 26.3 Å². The summed E-state index contributed by atoms with van der Waals surface area (Å²) in [5.41, 5.74) is 3.78. The highest BCUT2D eigenvalue weighted by Crippen LogP contribution is 2.21. The zero-order chi connectivity index (χ0) is 58.6. The summed E-state index contributed by atoms with van der Waals surface area (Å²) in [4.78, 5) is 148. The van der Waals surface area contributed by atoms with Gasteiger partial charge in [0.2, 0.25) is 41.4 Å². The van der Waals surface area contributed by atoms with Crippen molar-refractivity contribution in [2.75, 3.05) is 31.6 Å². The molecule has 0 aliphatic carbocycles. The fraction of sp³-hybridized carbons (Fsp3) is 0.453. The van der Waals surface area contributed by atoms with Crippen molar-refractivity contribution >= 4 is 75.1 Å². The average molecular weight is 1140 g/mol. The number of nitrogens with two attached hydrogens (primary N) is 1. The van der Waals surface area contributed by atoms with Gasteiger partial charge < -0.3 is 56.3 Å². The van der Waals surface area contributed by atoms with Gasteiger partial charge in [0.05, 0.1) is 25.1 Å². The monoisotopic (exact) mass is 1130 g/mol. The van der Waals surface area contributed by atoms with Crippen LogP contribution in [0.3, 0.4) is 0 Å². The first-order chi connectivity index (χ1) is 38.1. The Hall–Kier alpha value is -8.46. The van der Waals surface area contributed by atoms with Gasteiger partial charge in [0.15, 0.2) is 0 Å². The van der Waals surface area contributed by atoms with Crippen LogP contribution in [-0.4, -0.2) is 147 Å². The second-order valence-corrected chi connectivity index (χ2v) is 21.0. The Bertz CT molecular complexity index is 2720. The molecule has 0 spiro atoms. The SMILES string of the molecule is CC(=O)N[C@@H](C)C(=O)N[C@@H](CC(=O)OCc1ccccc1)C(=O)N[C@@H](CCCCNC(=O)OCc1ccccc1)C(=O)N1CCC[C@H]1C(=O)N[C@@H](CC(=O)OCc1ccccc1)C(=O)N[C@@H](CCS(C)(=O)=O)C(=O)NCC(=O)NN. The largest absolute Gasteiger partial charge is 0.461 e. The molecule has 9 amide bonds. The molecule has 0 radical (unpaired) electrons. The zero-order valence-corrected chi connectivity index (χ0v) is 45.5. The molecule has 6 atom stereocenters. The Kier molecular flexibility index (Phi) is 26.5. The molecule has 1 aliphatic rings. The normalized spacial score (nSPS) is 14.7. The number of carbonyl (C=O) groups excluding carboxylic acids is 11. The Morgan fingerprint density at radius 2 is 1.11 bits per heavy atom. The van der Waals surface area contributed by atoms with E-state index in [0.29, 0.717) is 11.1 Å². The molecule has 3 aromatic rings. The first-order valence-electron chi connectivity index (χ1n) is 25.7. The summed E-state index contributed by atoms with van der Waals surface area (Å²) in [6.45, 7) is 1.47. The molecule has 4 rings (SSSR count). The van der Waals surface area contributed by atoms with Gasteiger partial charge in [-0.1, -0.05) is 91.0 Å². The maximum atomic E-state index is 14.8. The topological polar surface area (TPSA) is 375 Å². The van der Waals surface area contributed by atoms with E-state index >= 15 is 0 Å². The molecule has 1 fully saturated rings. The molecule has 1 aliphatic heterocycles. The van der Waals surface area contributed by atoms with Crippen LogP contribution in [0.25, 0.3) is 0 Å². The standard InChI is InChI=1S/C53H70N10O16S/c1-34(57-35(2)64)47(68)60-41(28-45(66)77-31-36-16-7-4-8-17-36)50(71)59-40(22-13-14-25-55-53(74)79-33-38-20-11-6-12-21-38)52(73)63-26-15-23-43(63)51(72)61-42(29-46(67)78-32-37-18-9-5-10-19-37)49(70)58-39(24-27-80(3,75)76)48(69)56-30-44(65)62-54/h4-12,16-21,34,39-43H,13-15,22-33,54H2,1-3H3,(H,55,74)(H,56,69)(H,57,64)(H,58,70)(H,59,71)(H,60,68)(H,61,72)(H,62,65)/t34-,39-,40-,41-,42-,43-/m0/s1. The minimum Gasteiger partial charge on any atom is -0.461 e. The second-order valence-electron chi connectivity index (χ2n) is 18.7. The van der Waals surface area contributed by atoms with Crippen LogP contribution in [0.1, 0.15) is 81.9 Å². The van der Waals surface area contributed by atoms with Gasteiger partial charge in [-0.25, -0.2) is 19.1 Å². The number of likely N-dealkylation sites (tertiary alicyclic amines) is 1. The van der Waals surface area contributed by atoms with E-state index in [-0.39, 0.29) is 65.0 Å². The van der Waals surface area contributed by atoms with Crippen molar-refractivity contribution in [3.05, 3.63) is 108 Å². The first-order valence-corrected chi connectivity index (χ1v) is 27.8. The van der Waals surface area contributed by atoms with Crippen LogP contribution in [0.15, 0.2) is 91.0 Å². The summed E-state index contributed by atoms with van der Waals surface area (Å²) in [5, 5.41) is 17.2. The van der Waals surface area contributed by atoms with E-state index < -0.39 is 143 Å². The van der Waals surface area contributed by atoms with Crippen LogP contribution >= 0.6 is 0 Å². The lowest BCUT2D eigenvalue weighted by Crippen LogP contribution is -2.59. The molecule has 0 unspecified atom stereocenters. The summed E-state index contributed by atoms with van der Waals surface area (Å²) in [6.07, 6.45) is -1.36. The number of hydrogen-bond donors (Lipinski definition) is 9. The lowest BCUT2D eigenvalue weighted by atomic mass is 10.0. The third-order valence-electron chi connectivity index (χ3n) is 12.2. The van der Waals surface area contributed by atoms with Crippen molar-refractivity contribution in [3.63, 3.8) is 0 Å². The number of hydrogen-bond acceptors (Lipinski definition) is 17. The van der Waals surface area contributed by atoms with Crippen LogP contribution in [0.5, 0.6) is 0 Å². The predicted octanol–water partition coefficient (Wildman–Crippen LogP) is -0.654. The van der Waals surface area contributed by atoms with Crippen molar-refractivity contribution in [2.24, 2.45) is 5.84 Å². The lowest BCUT2D eigenvalue weighted by Gasteiger charge is -2.31. The smallest absolute Gasteiger partial charge is 0.407 e. The first kappa shape index (κ1) is 64.1. The van der Waals surface area contributed by atoms with Gasteiger partial charge in [-0.05, 0) is 62.1 Å². The number of benzene rings is 3. The third kappa shape index (κ3) is 23.6.